The van der Waals surface area contributed by atoms with Crippen molar-refractivity contribution in [2.24, 2.45) is 18.9 Å². The van der Waals surface area contributed by atoms with Crippen LogP contribution in [0.15, 0.2) is 35.5 Å². The number of hydrogen-bond acceptors (Lipinski definition) is 4. The maximum absolute atomic E-state index is 11.9. The fourth-order valence-electron chi connectivity index (χ4n) is 4.41. The quantitative estimate of drug-likeness (QED) is 0.786. The Kier molecular flexibility index (Phi) is 3.31. The summed E-state index contributed by atoms with van der Waals surface area (Å²) in [5, 5.41) is 6.98. The van der Waals surface area contributed by atoms with E-state index >= 15 is 0 Å². The SMILES string of the molecule is Cn1c(C2C(C3CC3)CCN2Cc2cccn3ccnc23)n[nH]c1=O. The molecule has 3 aromatic rings. The number of H-pyrrole nitrogens is 1. The minimum Gasteiger partial charge on any atom is -0.307 e. The number of aromatic amines is 1. The van der Waals surface area contributed by atoms with Gasteiger partial charge in [0.25, 0.3) is 0 Å². The lowest BCUT2D eigenvalue weighted by Crippen LogP contribution is -2.29. The van der Waals surface area contributed by atoms with Gasteiger partial charge in [0, 0.05) is 37.7 Å². The van der Waals surface area contributed by atoms with E-state index in [0.29, 0.717) is 5.92 Å². The molecule has 2 unspecified atom stereocenters. The van der Waals surface area contributed by atoms with Crippen molar-refractivity contribution in [2.45, 2.75) is 31.8 Å². The van der Waals surface area contributed by atoms with Crippen molar-refractivity contribution in [3.05, 3.63) is 52.6 Å². The number of likely N-dealkylation sites (tertiary alicyclic amines) is 1. The summed E-state index contributed by atoms with van der Waals surface area (Å²) in [4.78, 5) is 18.9. The molecule has 0 amide bonds. The lowest BCUT2D eigenvalue weighted by Gasteiger charge is -2.27. The van der Waals surface area contributed by atoms with Gasteiger partial charge < -0.3 is 4.40 Å². The third-order valence-electron chi connectivity index (χ3n) is 5.83. The van der Waals surface area contributed by atoms with Crippen molar-refractivity contribution in [2.75, 3.05) is 6.54 Å². The molecule has 0 spiro atoms. The van der Waals surface area contributed by atoms with Gasteiger partial charge in [0.2, 0.25) is 0 Å². The van der Waals surface area contributed by atoms with Gasteiger partial charge in [-0.3, -0.25) is 9.47 Å². The van der Waals surface area contributed by atoms with Crippen LogP contribution in [0.3, 0.4) is 0 Å². The first-order valence-electron chi connectivity index (χ1n) is 8.98. The molecule has 0 bridgehead atoms. The molecule has 1 saturated carbocycles. The minimum absolute atomic E-state index is 0.133. The molecule has 1 N–H and O–H groups in total. The maximum Gasteiger partial charge on any atom is 0.343 e. The molecule has 25 heavy (non-hydrogen) atoms. The summed E-state index contributed by atoms with van der Waals surface area (Å²) < 4.78 is 3.73. The summed E-state index contributed by atoms with van der Waals surface area (Å²) in [7, 11) is 1.82. The van der Waals surface area contributed by atoms with Crippen molar-refractivity contribution in [1.29, 1.82) is 0 Å². The number of nitrogens with zero attached hydrogens (tertiary/aromatic N) is 5. The molecule has 1 saturated heterocycles. The van der Waals surface area contributed by atoms with Crippen LogP contribution in [-0.4, -0.2) is 35.6 Å². The van der Waals surface area contributed by atoms with Crippen LogP contribution < -0.4 is 5.69 Å². The van der Waals surface area contributed by atoms with Crippen LogP contribution in [0, 0.1) is 11.8 Å². The highest BCUT2D eigenvalue weighted by Gasteiger charge is 2.45. The smallest absolute Gasteiger partial charge is 0.307 e. The molecule has 7 nitrogen and oxygen atoms in total. The highest BCUT2D eigenvalue weighted by Crippen LogP contribution is 2.50. The summed E-state index contributed by atoms with van der Waals surface area (Å²) in [6.45, 7) is 1.87. The first kappa shape index (κ1) is 14.9. The minimum atomic E-state index is -0.133. The van der Waals surface area contributed by atoms with Crippen LogP contribution in [-0.2, 0) is 13.6 Å². The standard InChI is InChI=1S/C18H22N6O/c1-22-17(20-21-18(22)25)15-14(12-4-5-12)6-9-24(15)11-13-3-2-8-23-10-7-19-16(13)23/h2-3,7-8,10,12,14-15H,4-6,9,11H2,1H3,(H,21,25). The predicted molar refractivity (Wildman–Crippen MR) is 93.0 cm³/mol. The average Bonchev–Trinajstić information content (AvgIpc) is 3.05. The van der Waals surface area contributed by atoms with E-state index < -0.39 is 0 Å². The molecule has 2 aliphatic rings. The molecule has 1 aliphatic heterocycles. The van der Waals surface area contributed by atoms with Crippen LogP contribution in [0.2, 0.25) is 0 Å². The van der Waals surface area contributed by atoms with Crippen molar-refractivity contribution in [3.63, 3.8) is 0 Å². The molecule has 2 fully saturated rings. The number of hydrogen-bond donors (Lipinski definition) is 1. The van der Waals surface area contributed by atoms with Gasteiger partial charge in [0.1, 0.15) is 5.65 Å². The summed E-state index contributed by atoms with van der Waals surface area (Å²) in [6.07, 6.45) is 9.63. The van der Waals surface area contributed by atoms with E-state index in [4.69, 9.17) is 0 Å². The molecule has 0 radical (unpaired) electrons. The van der Waals surface area contributed by atoms with Crippen molar-refractivity contribution < 1.29 is 0 Å². The van der Waals surface area contributed by atoms with Gasteiger partial charge in [-0.15, -0.1) is 0 Å². The van der Waals surface area contributed by atoms with E-state index in [1.807, 2.05) is 25.6 Å². The zero-order valence-corrected chi connectivity index (χ0v) is 14.3. The second-order valence-corrected chi connectivity index (χ2v) is 7.34. The van der Waals surface area contributed by atoms with Gasteiger partial charge in [-0.1, -0.05) is 6.07 Å². The second-order valence-electron chi connectivity index (χ2n) is 7.34. The summed E-state index contributed by atoms with van der Waals surface area (Å²) in [5.74, 6) is 2.24. The van der Waals surface area contributed by atoms with E-state index in [1.54, 1.807) is 4.57 Å². The Morgan fingerprint density at radius 3 is 2.92 bits per heavy atom. The summed E-state index contributed by atoms with van der Waals surface area (Å²) in [5.41, 5.74) is 2.09. The van der Waals surface area contributed by atoms with Crippen LogP contribution >= 0.6 is 0 Å². The maximum atomic E-state index is 11.9. The molecule has 3 aromatic heterocycles. The Hall–Kier alpha value is -2.41. The lowest BCUT2D eigenvalue weighted by molar-refractivity contribution is 0.197. The Morgan fingerprint density at radius 1 is 1.28 bits per heavy atom. The van der Waals surface area contributed by atoms with Crippen LogP contribution in [0.25, 0.3) is 5.65 Å². The number of rotatable bonds is 4. The topological polar surface area (TPSA) is 71.2 Å². The number of fused-ring (bicyclic) bond motifs is 1. The molecular weight excluding hydrogens is 316 g/mol. The largest absolute Gasteiger partial charge is 0.343 e. The molecular formula is C18H22N6O. The van der Waals surface area contributed by atoms with Crippen molar-refractivity contribution in [3.8, 4) is 0 Å². The van der Waals surface area contributed by atoms with Crippen LogP contribution in [0.5, 0.6) is 0 Å². The fourth-order valence-corrected chi connectivity index (χ4v) is 4.41. The Balaban J connectivity index is 1.52. The van der Waals surface area contributed by atoms with Crippen LogP contribution in [0.1, 0.15) is 36.7 Å². The Labute approximate surface area is 145 Å². The zero-order valence-electron chi connectivity index (χ0n) is 14.3. The molecule has 5 rings (SSSR count). The number of pyridine rings is 1. The van der Waals surface area contributed by atoms with Crippen molar-refractivity contribution >= 4 is 5.65 Å². The molecule has 2 atom stereocenters. The second kappa shape index (κ2) is 5.56. The monoisotopic (exact) mass is 338 g/mol. The van der Waals surface area contributed by atoms with Gasteiger partial charge in [0.05, 0.1) is 6.04 Å². The summed E-state index contributed by atoms with van der Waals surface area (Å²) >= 11 is 0. The van der Waals surface area contributed by atoms with Gasteiger partial charge in [-0.2, -0.15) is 5.10 Å². The average molecular weight is 338 g/mol. The fraction of sp³-hybridized carbons (Fsp3) is 0.500. The molecule has 7 heteroatoms. The highest BCUT2D eigenvalue weighted by molar-refractivity contribution is 5.47. The third kappa shape index (κ3) is 2.41. The van der Waals surface area contributed by atoms with E-state index in [9.17, 15) is 4.79 Å². The van der Waals surface area contributed by atoms with Gasteiger partial charge in [0.15, 0.2) is 5.82 Å². The third-order valence-corrected chi connectivity index (χ3v) is 5.83. The predicted octanol–water partition coefficient (Wildman–Crippen LogP) is 1.73. The number of imidazole rings is 1. The number of nitrogens with one attached hydrogen (secondary N) is 1. The molecule has 0 aromatic carbocycles. The van der Waals surface area contributed by atoms with Crippen LogP contribution in [0.4, 0.5) is 0 Å². The first-order chi connectivity index (χ1) is 12.2. The highest BCUT2D eigenvalue weighted by atomic mass is 16.1. The molecule has 4 heterocycles. The lowest BCUT2D eigenvalue weighted by atomic mass is 9.94. The molecule has 1 aliphatic carbocycles. The van der Waals surface area contributed by atoms with Gasteiger partial charge >= 0.3 is 5.69 Å². The molecule has 130 valence electrons. The van der Waals surface area contributed by atoms with E-state index in [-0.39, 0.29) is 11.7 Å². The Morgan fingerprint density at radius 2 is 2.16 bits per heavy atom. The zero-order chi connectivity index (χ0) is 17.0. The van der Waals surface area contributed by atoms with Crippen molar-refractivity contribution in [1.82, 2.24) is 29.0 Å². The van der Waals surface area contributed by atoms with Gasteiger partial charge in [-0.05, 0) is 43.7 Å². The van der Waals surface area contributed by atoms with E-state index in [2.05, 4.69) is 36.6 Å². The van der Waals surface area contributed by atoms with E-state index in [0.717, 1.165) is 30.5 Å². The first-order valence-corrected chi connectivity index (χ1v) is 8.98. The van der Waals surface area contributed by atoms with E-state index in [1.165, 1.54) is 24.8 Å². The normalized spacial score (nSPS) is 24.4. The Bertz CT molecular complexity index is 965. The van der Waals surface area contributed by atoms with Gasteiger partial charge in [-0.25, -0.2) is 14.9 Å². The summed E-state index contributed by atoms with van der Waals surface area (Å²) in [6, 6.07) is 4.41. The number of aromatic nitrogens is 5.